The highest BCUT2D eigenvalue weighted by atomic mass is 79.9. The van der Waals surface area contributed by atoms with Gasteiger partial charge in [0.05, 0.1) is 20.5 Å². The summed E-state index contributed by atoms with van der Waals surface area (Å²) in [6.07, 6.45) is 3.29. The van der Waals surface area contributed by atoms with Gasteiger partial charge in [-0.25, -0.2) is 4.98 Å². The zero-order chi connectivity index (χ0) is 14.5. The molecule has 104 valence electrons. The molecule has 1 heterocycles. The van der Waals surface area contributed by atoms with Gasteiger partial charge in [-0.15, -0.1) is 0 Å². The van der Waals surface area contributed by atoms with Crippen molar-refractivity contribution in [3.63, 3.8) is 0 Å². The second-order valence-electron chi connectivity index (χ2n) is 4.05. The van der Waals surface area contributed by atoms with Gasteiger partial charge in [-0.05, 0) is 28.1 Å². The van der Waals surface area contributed by atoms with Crippen LogP contribution < -0.4 is 10.5 Å². The first kappa shape index (κ1) is 14.4. The Morgan fingerprint density at radius 2 is 2.00 bits per heavy atom. The maximum absolute atomic E-state index is 5.98. The van der Waals surface area contributed by atoms with E-state index in [1.165, 1.54) is 0 Å². The van der Waals surface area contributed by atoms with Crippen LogP contribution in [0, 0.1) is 0 Å². The summed E-state index contributed by atoms with van der Waals surface area (Å²) < 4.78 is 11.4. The van der Waals surface area contributed by atoms with Crippen LogP contribution in [0.1, 0.15) is 11.1 Å². The number of hydrogen-bond donors (Lipinski definition) is 1. The molecular formula is C15H15BrN2O2. The number of para-hydroxylation sites is 1. The van der Waals surface area contributed by atoms with Crippen molar-refractivity contribution in [1.29, 1.82) is 0 Å². The van der Waals surface area contributed by atoms with Crippen molar-refractivity contribution in [1.82, 2.24) is 4.98 Å². The second-order valence-corrected chi connectivity index (χ2v) is 4.97. The average molecular weight is 335 g/mol. The van der Waals surface area contributed by atoms with E-state index in [9.17, 15) is 0 Å². The number of nitrogen functional groups attached to an aromatic ring is 1. The summed E-state index contributed by atoms with van der Waals surface area (Å²) in [4.78, 5) is 4.16. The van der Waals surface area contributed by atoms with Crippen molar-refractivity contribution >= 4 is 27.3 Å². The van der Waals surface area contributed by atoms with Crippen molar-refractivity contribution in [2.75, 3.05) is 20.0 Å². The monoisotopic (exact) mass is 334 g/mol. The maximum Gasteiger partial charge on any atom is 0.131 e. The van der Waals surface area contributed by atoms with Crippen LogP contribution in [0.2, 0.25) is 0 Å². The second kappa shape index (κ2) is 6.43. The molecule has 2 rings (SSSR count). The molecule has 4 nitrogen and oxygen atoms in total. The van der Waals surface area contributed by atoms with Crippen LogP contribution >= 0.6 is 15.9 Å². The maximum atomic E-state index is 5.98. The van der Waals surface area contributed by atoms with Crippen LogP contribution in [-0.4, -0.2) is 19.2 Å². The van der Waals surface area contributed by atoms with Crippen LogP contribution in [-0.2, 0) is 4.74 Å². The minimum Gasteiger partial charge on any atom is -0.504 e. The lowest BCUT2D eigenvalue weighted by Gasteiger charge is -2.13. The Morgan fingerprint density at radius 3 is 2.70 bits per heavy atom. The number of rotatable bonds is 4. The largest absolute Gasteiger partial charge is 0.504 e. The fraction of sp³-hybridized carbons (Fsp3) is 0.133. The quantitative estimate of drug-likeness (QED) is 0.870. The number of pyridine rings is 1. The highest BCUT2D eigenvalue weighted by molar-refractivity contribution is 9.10. The topological polar surface area (TPSA) is 57.4 Å². The third-order valence-electron chi connectivity index (χ3n) is 2.81. The number of hydrogen-bond acceptors (Lipinski definition) is 4. The summed E-state index contributed by atoms with van der Waals surface area (Å²) in [6.45, 7) is 0. The molecule has 0 unspecified atom stereocenters. The summed E-state index contributed by atoms with van der Waals surface area (Å²) in [6, 6.07) is 9.59. The molecule has 0 saturated carbocycles. The molecule has 0 amide bonds. The van der Waals surface area contributed by atoms with Crippen molar-refractivity contribution in [3.8, 4) is 5.75 Å². The smallest absolute Gasteiger partial charge is 0.131 e. The summed E-state index contributed by atoms with van der Waals surface area (Å²) in [5, 5.41) is 0. The first-order chi connectivity index (χ1) is 9.67. The molecule has 0 fully saturated rings. The van der Waals surface area contributed by atoms with E-state index in [4.69, 9.17) is 15.2 Å². The highest BCUT2D eigenvalue weighted by Crippen LogP contribution is 2.34. The molecular weight excluding hydrogens is 320 g/mol. The third kappa shape index (κ3) is 2.93. The van der Waals surface area contributed by atoms with Crippen LogP contribution in [0.3, 0.4) is 0 Å². The van der Waals surface area contributed by atoms with Gasteiger partial charge < -0.3 is 15.2 Å². The molecule has 5 heteroatoms. The Balaban J connectivity index is 2.63. The highest BCUT2D eigenvalue weighted by Gasteiger charge is 2.14. The summed E-state index contributed by atoms with van der Waals surface area (Å²) in [7, 11) is 3.22. The number of halogens is 1. The van der Waals surface area contributed by atoms with Crippen LogP contribution in [0.15, 0.2) is 47.3 Å². The molecule has 0 saturated heterocycles. The zero-order valence-corrected chi connectivity index (χ0v) is 12.8. The van der Waals surface area contributed by atoms with Gasteiger partial charge in [-0.1, -0.05) is 18.2 Å². The Labute approximate surface area is 126 Å². The lowest BCUT2D eigenvalue weighted by Crippen LogP contribution is -2.00. The normalized spacial score (nSPS) is 11.2. The Kier molecular flexibility index (Phi) is 4.63. The number of nitrogens with two attached hydrogens (primary N) is 1. The van der Waals surface area contributed by atoms with Gasteiger partial charge in [0.25, 0.3) is 0 Å². The molecule has 0 aliphatic heterocycles. The molecule has 1 aromatic heterocycles. The van der Waals surface area contributed by atoms with Gasteiger partial charge in [-0.3, -0.25) is 0 Å². The molecule has 2 aromatic rings. The van der Waals surface area contributed by atoms with Crippen molar-refractivity contribution in [2.24, 2.45) is 0 Å². The van der Waals surface area contributed by atoms with Gasteiger partial charge in [0, 0.05) is 27.4 Å². The molecule has 0 aliphatic carbocycles. The molecule has 0 atom stereocenters. The molecule has 0 spiro atoms. The third-order valence-corrected chi connectivity index (χ3v) is 3.24. The molecule has 1 aromatic carbocycles. The first-order valence-corrected chi connectivity index (χ1v) is 6.74. The Bertz CT molecular complexity index is 642. The number of anilines is 1. The Morgan fingerprint density at radius 1 is 1.25 bits per heavy atom. The molecule has 0 bridgehead atoms. The van der Waals surface area contributed by atoms with Crippen molar-refractivity contribution < 1.29 is 9.47 Å². The van der Waals surface area contributed by atoms with Gasteiger partial charge in [-0.2, -0.15) is 0 Å². The fourth-order valence-electron chi connectivity index (χ4n) is 1.92. The predicted octanol–water partition coefficient (Wildman–Crippen LogP) is 3.47. The molecule has 0 aliphatic rings. The van der Waals surface area contributed by atoms with E-state index in [0.29, 0.717) is 5.82 Å². The molecule has 20 heavy (non-hydrogen) atoms. The van der Waals surface area contributed by atoms with Gasteiger partial charge >= 0.3 is 0 Å². The lowest BCUT2D eigenvalue weighted by atomic mass is 9.99. The standard InChI is InChI=1S/C15H15BrN2O2/c1-19-9-13(11-5-3-4-6-14(11)20-2)12-7-10(16)8-18-15(12)17/h3-9H,1-2H3,(H2,17,18)/b13-9+. The number of ether oxygens (including phenoxy) is 2. The Hall–Kier alpha value is -2.01. The SMILES string of the molecule is CO/C=C(\c1ccccc1OC)c1cc(Br)cnc1N. The van der Waals surface area contributed by atoms with E-state index < -0.39 is 0 Å². The van der Waals surface area contributed by atoms with Gasteiger partial charge in [0.15, 0.2) is 0 Å². The first-order valence-electron chi connectivity index (χ1n) is 5.95. The minimum absolute atomic E-state index is 0.433. The van der Waals surface area contributed by atoms with E-state index in [1.807, 2.05) is 30.3 Å². The lowest BCUT2D eigenvalue weighted by molar-refractivity contribution is 0.339. The molecule has 0 radical (unpaired) electrons. The van der Waals surface area contributed by atoms with Gasteiger partial charge in [0.1, 0.15) is 11.6 Å². The minimum atomic E-state index is 0.433. The average Bonchev–Trinajstić information content (AvgIpc) is 2.47. The van der Waals surface area contributed by atoms with E-state index in [0.717, 1.165) is 26.9 Å². The van der Waals surface area contributed by atoms with E-state index >= 15 is 0 Å². The van der Waals surface area contributed by atoms with E-state index in [-0.39, 0.29) is 0 Å². The van der Waals surface area contributed by atoms with Crippen molar-refractivity contribution in [2.45, 2.75) is 0 Å². The van der Waals surface area contributed by atoms with Gasteiger partial charge in [0.2, 0.25) is 0 Å². The van der Waals surface area contributed by atoms with Crippen LogP contribution in [0.4, 0.5) is 5.82 Å². The summed E-state index contributed by atoms with van der Waals surface area (Å²) >= 11 is 3.41. The number of aromatic nitrogens is 1. The van der Waals surface area contributed by atoms with Crippen LogP contribution in [0.5, 0.6) is 5.75 Å². The number of methoxy groups -OCH3 is 2. The van der Waals surface area contributed by atoms with E-state index in [2.05, 4.69) is 20.9 Å². The number of benzene rings is 1. The zero-order valence-electron chi connectivity index (χ0n) is 11.3. The summed E-state index contributed by atoms with van der Waals surface area (Å²) in [5.74, 6) is 1.18. The van der Waals surface area contributed by atoms with E-state index in [1.54, 1.807) is 26.7 Å². The van der Waals surface area contributed by atoms with Crippen LogP contribution in [0.25, 0.3) is 5.57 Å². The fourth-order valence-corrected chi connectivity index (χ4v) is 2.25. The summed E-state index contributed by atoms with van der Waals surface area (Å²) in [5.41, 5.74) is 8.47. The molecule has 2 N–H and O–H groups in total. The van der Waals surface area contributed by atoms with Crippen molar-refractivity contribution in [3.05, 3.63) is 58.4 Å². The number of nitrogens with zero attached hydrogens (tertiary/aromatic N) is 1. The predicted molar refractivity (Wildman–Crippen MR) is 83.4 cm³/mol.